The minimum absolute atomic E-state index is 0.357. The highest BCUT2D eigenvalue weighted by molar-refractivity contribution is 5.19. The van der Waals surface area contributed by atoms with Gasteiger partial charge in [-0.2, -0.15) is 5.10 Å². The molecule has 0 saturated heterocycles. The van der Waals surface area contributed by atoms with Crippen LogP contribution in [0.15, 0.2) is 36.5 Å². The molecule has 90 valence electrons. The fraction of sp³-hybridized carbons (Fsp3) is 0.357. The number of nitrogens with one attached hydrogen (secondary N) is 1. The van der Waals surface area contributed by atoms with Gasteiger partial charge in [0, 0.05) is 31.4 Å². The van der Waals surface area contributed by atoms with Crippen molar-refractivity contribution in [1.29, 1.82) is 0 Å². The Labute approximate surface area is 102 Å². The number of hydrogen-bond acceptors (Lipinski definition) is 2. The van der Waals surface area contributed by atoms with Crippen molar-refractivity contribution in [2.45, 2.75) is 26.4 Å². The summed E-state index contributed by atoms with van der Waals surface area (Å²) in [5.41, 5.74) is 3.67. The average Bonchev–Trinajstić information content (AvgIpc) is 2.66. The molecular formula is C14H19N3. The Bertz CT molecular complexity index is 473. The number of rotatable bonds is 4. The molecule has 1 atom stereocenters. The summed E-state index contributed by atoms with van der Waals surface area (Å²) in [6, 6.07) is 10.8. The molecule has 3 nitrogen and oxygen atoms in total. The molecule has 0 saturated carbocycles. The minimum atomic E-state index is 0.357. The fourth-order valence-electron chi connectivity index (χ4n) is 1.94. The standard InChI is InChI=1S/C14H19N3/c1-11(13-7-5-4-6-8-13)15-9-14-10-17(3)16-12(14)2/h4-8,10-11,15H,9H2,1-3H3/t11-/m1/s1. The predicted molar refractivity (Wildman–Crippen MR) is 69.6 cm³/mol. The first-order valence-corrected chi connectivity index (χ1v) is 5.94. The lowest BCUT2D eigenvalue weighted by Gasteiger charge is -2.13. The summed E-state index contributed by atoms with van der Waals surface area (Å²) >= 11 is 0. The zero-order chi connectivity index (χ0) is 12.3. The van der Waals surface area contributed by atoms with Crippen molar-refractivity contribution in [3.05, 3.63) is 53.3 Å². The van der Waals surface area contributed by atoms with Crippen LogP contribution in [0, 0.1) is 6.92 Å². The molecule has 0 spiro atoms. The first-order chi connectivity index (χ1) is 8.16. The molecule has 0 radical (unpaired) electrons. The van der Waals surface area contributed by atoms with E-state index in [0.717, 1.165) is 12.2 Å². The van der Waals surface area contributed by atoms with E-state index in [1.807, 2.05) is 24.7 Å². The summed E-state index contributed by atoms with van der Waals surface area (Å²) in [7, 11) is 1.96. The molecule has 2 aromatic rings. The third-order valence-electron chi connectivity index (χ3n) is 3.01. The molecule has 0 amide bonds. The number of aromatic nitrogens is 2. The molecule has 1 aromatic heterocycles. The average molecular weight is 229 g/mol. The van der Waals surface area contributed by atoms with Gasteiger partial charge in [0.25, 0.3) is 0 Å². The first kappa shape index (κ1) is 11.9. The lowest BCUT2D eigenvalue weighted by atomic mass is 10.1. The monoisotopic (exact) mass is 229 g/mol. The molecule has 1 N–H and O–H groups in total. The predicted octanol–water partition coefficient (Wildman–Crippen LogP) is 2.58. The van der Waals surface area contributed by atoms with Crippen LogP contribution in [0.1, 0.15) is 29.8 Å². The molecule has 0 fully saturated rings. The van der Waals surface area contributed by atoms with Crippen LogP contribution in [0.2, 0.25) is 0 Å². The normalized spacial score (nSPS) is 12.6. The number of nitrogens with zero attached hydrogens (tertiary/aromatic N) is 2. The van der Waals surface area contributed by atoms with Gasteiger partial charge in [-0.3, -0.25) is 4.68 Å². The summed E-state index contributed by atoms with van der Waals surface area (Å²) in [4.78, 5) is 0. The van der Waals surface area contributed by atoms with Crippen LogP contribution in [0.4, 0.5) is 0 Å². The second kappa shape index (κ2) is 5.15. The van der Waals surface area contributed by atoms with E-state index in [0.29, 0.717) is 6.04 Å². The van der Waals surface area contributed by atoms with E-state index in [9.17, 15) is 0 Å². The maximum absolute atomic E-state index is 4.34. The molecular weight excluding hydrogens is 210 g/mol. The smallest absolute Gasteiger partial charge is 0.0638 e. The number of aryl methyl sites for hydroxylation is 2. The van der Waals surface area contributed by atoms with Crippen molar-refractivity contribution >= 4 is 0 Å². The molecule has 0 unspecified atom stereocenters. The van der Waals surface area contributed by atoms with Crippen molar-refractivity contribution < 1.29 is 0 Å². The van der Waals surface area contributed by atoms with Crippen LogP contribution in [-0.2, 0) is 13.6 Å². The van der Waals surface area contributed by atoms with Crippen LogP contribution in [0.3, 0.4) is 0 Å². The lowest BCUT2D eigenvalue weighted by Crippen LogP contribution is -2.18. The van der Waals surface area contributed by atoms with E-state index in [4.69, 9.17) is 0 Å². The zero-order valence-corrected chi connectivity index (χ0v) is 10.6. The highest BCUT2D eigenvalue weighted by Crippen LogP contribution is 2.13. The number of benzene rings is 1. The summed E-state index contributed by atoms with van der Waals surface area (Å²) < 4.78 is 1.86. The second-order valence-electron chi connectivity index (χ2n) is 4.43. The Hall–Kier alpha value is -1.61. The van der Waals surface area contributed by atoms with E-state index >= 15 is 0 Å². The van der Waals surface area contributed by atoms with Gasteiger partial charge < -0.3 is 5.32 Å². The van der Waals surface area contributed by atoms with Gasteiger partial charge in [0.05, 0.1) is 5.69 Å². The van der Waals surface area contributed by atoms with Gasteiger partial charge in [-0.05, 0) is 19.4 Å². The molecule has 0 aliphatic carbocycles. The first-order valence-electron chi connectivity index (χ1n) is 5.94. The van der Waals surface area contributed by atoms with Crippen LogP contribution in [0.25, 0.3) is 0 Å². The quantitative estimate of drug-likeness (QED) is 0.873. The van der Waals surface area contributed by atoms with Crippen molar-refractivity contribution in [2.75, 3.05) is 0 Å². The summed E-state index contributed by atoms with van der Waals surface area (Å²) in [6.07, 6.45) is 2.07. The molecule has 17 heavy (non-hydrogen) atoms. The Morgan fingerprint density at radius 1 is 1.29 bits per heavy atom. The third-order valence-corrected chi connectivity index (χ3v) is 3.01. The van der Waals surface area contributed by atoms with Gasteiger partial charge in [0.1, 0.15) is 0 Å². The minimum Gasteiger partial charge on any atom is -0.306 e. The van der Waals surface area contributed by atoms with Crippen LogP contribution < -0.4 is 5.32 Å². The molecule has 1 heterocycles. The topological polar surface area (TPSA) is 29.9 Å². The van der Waals surface area contributed by atoms with E-state index < -0.39 is 0 Å². The Balaban J connectivity index is 1.97. The maximum Gasteiger partial charge on any atom is 0.0638 e. The van der Waals surface area contributed by atoms with E-state index in [-0.39, 0.29) is 0 Å². The Morgan fingerprint density at radius 3 is 2.59 bits per heavy atom. The third kappa shape index (κ3) is 2.94. The lowest BCUT2D eigenvalue weighted by molar-refractivity contribution is 0.573. The van der Waals surface area contributed by atoms with Gasteiger partial charge in [-0.15, -0.1) is 0 Å². The fourth-order valence-corrected chi connectivity index (χ4v) is 1.94. The van der Waals surface area contributed by atoms with E-state index in [2.05, 4.69) is 47.8 Å². The Morgan fingerprint density at radius 2 is 2.00 bits per heavy atom. The molecule has 2 rings (SSSR count). The van der Waals surface area contributed by atoms with E-state index in [1.165, 1.54) is 11.1 Å². The second-order valence-corrected chi connectivity index (χ2v) is 4.43. The van der Waals surface area contributed by atoms with Gasteiger partial charge in [-0.25, -0.2) is 0 Å². The van der Waals surface area contributed by atoms with Crippen molar-refractivity contribution in [1.82, 2.24) is 15.1 Å². The maximum atomic E-state index is 4.34. The molecule has 0 aliphatic rings. The largest absolute Gasteiger partial charge is 0.306 e. The summed E-state index contributed by atoms with van der Waals surface area (Å²) in [5, 5.41) is 7.85. The summed E-state index contributed by atoms with van der Waals surface area (Å²) in [5.74, 6) is 0. The van der Waals surface area contributed by atoms with Crippen molar-refractivity contribution in [3.8, 4) is 0 Å². The highest BCUT2D eigenvalue weighted by atomic mass is 15.2. The number of hydrogen-bond donors (Lipinski definition) is 1. The Kier molecular flexibility index (Phi) is 3.59. The SMILES string of the molecule is Cc1nn(C)cc1CN[C@H](C)c1ccccc1. The molecule has 1 aromatic carbocycles. The van der Waals surface area contributed by atoms with Crippen LogP contribution in [0.5, 0.6) is 0 Å². The van der Waals surface area contributed by atoms with Gasteiger partial charge >= 0.3 is 0 Å². The molecule has 3 heteroatoms. The van der Waals surface area contributed by atoms with Gasteiger partial charge in [0.15, 0.2) is 0 Å². The molecule has 0 aliphatic heterocycles. The molecule has 0 bridgehead atoms. The highest BCUT2D eigenvalue weighted by Gasteiger charge is 2.06. The van der Waals surface area contributed by atoms with E-state index in [1.54, 1.807) is 0 Å². The summed E-state index contributed by atoms with van der Waals surface area (Å²) in [6.45, 7) is 5.08. The van der Waals surface area contributed by atoms with Gasteiger partial charge in [-0.1, -0.05) is 30.3 Å². The van der Waals surface area contributed by atoms with Crippen LogP contribution in [-0.4, -0.2) is 9.78 Å². The van der Waals surface area contributed by atoms with Crippen molar-refractivity contribution in [2.24, 2.45) is 7.05 Å². The van der Waals surface area contributed by atoms with Crippen molar-refractivity contribution in [3.63, 3.8) is 0 Å². The van der Waals surface area contributed by atoms with Crippen LogP contribution >= 0.6 is 0 Å². The van der Waals surface area contributed by atoms with Gasteiger partial charge in [0.2, 0.25) is 0 Å². The zero-order valence-electron chi connectivity index (χ0n) is 10.6.